The van der Waals surface area contributed by atoms with Gasteiger partial charge in [0.05, 0.1) is 0 Å². The number of nitrogens with zero attached hydrogens (tertiary/aromatic N) is 1. The van der Waals surface area contributed by atoms with Crippen LogP contribution < -0.4 is 5.73 Å². The Morgan fingerprint density at radius 2 is 2.44 bits per heavy atom. The molecule has 0 aromatic carbocycles. The predicted molar refractivity (Wildman–Crippen MR) is 40.9 cm³/mol. The van der Waals surface area contributed by atoms with Crippen molar-refractivity contribution in [3.05, 3.63) is 0 Å². The number of rotatable bonds is 1. The maximum atomic E-state index is 5.57. The SMILES string of the molecule is CC[C@@H]1[Se]C(N)=N[C@@H]1C. The third kappa shape index (κ3) is 1.46. The van der Waals surface area contributed by atoms with Crippen molar-refractivity contribution in [3.8, 4) is 0 Å². The number of hydrogen-bond acceptors (Lipinski definition) is 2. The van der Waals surface area contributed by atoms with E-state index < -0.39 is 0 Å². The molecule has 52 valence electrons. The van der Waals surface area contributed by atoms with Crippen LogP contribution in [0.1, 0.15) is 20.3 Å². The summed E-state index contributed by atoms with van der Waals surface area (Å²) in [5.41, 5.74) is 5.57. The second-order valence-corrected chi connectivity index (χ2v) is 4.91. The van der Waals surface area contributed by atoms with E-state index in [9.17, 15) is 0 Å². The molecule has 1 heterocycles. The molecular formula is C6H12N2Se. The van der Waals surface area contributed by atoms with Gasteiger partial charge in [0.1, 0.15) is 0 Å². The summed E-state index contributed by atoms with van der Waals surface area (Å²) < 4.78 is 0.904. The van der Waals surface area contributed by atoms with Crippen LogP contribution in [-0.2, 0) is 0 Å². The van der Waals surface area contributed by atoms with Gasteiger partial charge in [-0.25, -0.2) is 0 Å². The molecule has 0 amide bonds. The number of aliphatic imine (C=N–C) groups is 1. The second kappa shape index (κ2) is 2.72. The average molecular weight is 191 g/mol. The Kier molecular flexibility index (Phi) is 2.14. The summed E-state index contributed by atoms with van der Waals surface area (Å²) in [6, 6.07) is 0.495. The van der Waals surface area contributed by atoms with Crippen molar-refractivity contribution in [1.82, 2.24) is 0 Å². The van der Waals surface area contributed by atoms with E-state index in [1.165, 1.54) is 6.42 Å². The Balaban J connectivity index is 2.49. The third-order valence-corrected chi connectivity index (χ3v) is 4.43. The molecule has 2 nitrogen and oxygen atoms in total. The quantitative estimate of drug-likeness (QED) is 0.606. The van der Waals surface area contributed by atoms with E-state index in [1.54, 1.807) is 0 Å². The fourth-order valence-corrected chi connectivity index (χ4v) is 3.01. The van der Waals surface area contributed by atoms with Crippen LogP contribution in [0.25, 0.3) is 0 Å². The normalized spacial score (nSPS) is 34.7. The number of hydrogen-bond donors (Lipinski definition) is 1. The first kappa shape index (κ1) is 7.10. The first-order chi connectivity index (χ1) is 4.24. The van der Waals surface area contributed by atoms with Crippen molar-refractivity contribution in [3.63, 3.8) is 0 Å². The van der Waals surface area contributed by atoms with Crippen molar-refractivity contribution >= 4 is 19.7 Å². The van der Waals surface area contributed by atoms with Gasteiger partial charge in [-0.15, -0.1) is 0 Å². The van der Waals surface area contributed by atoms with Crippen molar-refractivity contribution in [2.45, 2.75) is 31.1 Å². The van der Waals surface area contributed by atoms with E-state index in [0.717, 1.165) is 9.55 Å². The van der Waals surface area contributed by atoms with Crippen LogP contribution >= 0.6 is 0 Å². The van der Waals surface area contributed by atoms with Crippen LogP contribution in [0.2, 0.25) is 4.82 Å². The molecule has 0 fully saturated rings. The second-order valence-electron chi connectivity index (χ2n) is 2.27. The summed E-state index contributed by atoms with van der Waals surface area (Å²) in [7, 11) is 0. The molecule has 1 rings (SSSR count). The van der Waals surface area contributed by atoms with Crippen molar-refractivity contribution in [1.29, 1.82) is 0 Å². The topological polar surface area (TPSA) is 38.4 Å². The zero-order chi connectivity index (χ0) is 6.85. The van der Waals surface area contributed by atoms with Gasteiger partial charge in [0.15, 0.2) is 0 Å². The third-order valence-electron chi connectivity index (χ3n) is 1.54. The molecule has 2 N–H and O–H groups in total. The van der Waals surface area contributed by atoms with Gasteiger partial charge in [0, 0.05) is 0 Å². The fraction of sp³-hybridized carbons (Fsp3) is 0.833. The van der Waals surface area contributed by atoms with Crippen molar-refractivity contribution in [2.24, 2.45) is 10.7 Å². The van der Waals surface area contributed by atoms with Gasteiger partial charge in [-0.1, -0.05) is 0 Å². The Morgan fingerprint density at radius 1 is 1.78 bits per heavy atom. The van der Waals surface area contributed by atoms with Gasteiger partial charge in [-0.2, -0.15) is 0 Å². The molecular weight excluding hydrogens is 179 g/mol. The monoisotopic (exact) mass is 192 g/mol. The van der Waals surface area contributed by atoms with Crippen molar-refractivity contribution in [2.75, 3.05) is 0 Å². The van der Waals surface area contributed by atoms with Gasteiger partial charge >= 0.3 is 61.5 Å². The molecule has 0 spiro atoms. The van der Waals surface area contributed by atoms with Crippen molar-refractivity contribution < 1.29 is 0 Å². The first-order valence-corrected chi connectivity index (χ1v) is 5.08. The van der Waals surface area contributed by atoms with Crippen LogP contribution in [0.5, 0.6) is 0 Å². The summed E-state index contributed by atoms with van der Waals surface area (Å²) in [6.07, 6.45) is 1.23. The Hall–Kier alpha value is -0.0105. The number of nitrogens with two attached hydrogens (primary N) is 1. The van der Waals surface area contributed by atoms with Crippen LogP contribution in [0.4, 0.5) is 0 Å². The Bertz CT molecular complexity index is 133. The summed E-state index contributed by atoms with van der Waals surface area (Å²) in [5, 5.41) is 0. The first-order valence-electron chi connectivity index (χ1n) is 3.24. The average Bonchev–Trinajstić information content (AvgIpc) is 2.10. The van der Waals surface area contributed by atoms with Gasteiger partial charge in [-0.3, -0.25) is 0 Å². The zero-order valence-electron chi connectivity index (χ0n) is 5.79. The molecule has 0 aromatic heterocycles. The van der Waals surface area contributed by atoms with Gasteiger partial charge in [0.2, 0.25) is 0 Å². The van der Waals surface area contributed by atoms with E-state index in [2.05, 4.69) is 18.8 Å². The van der Waals surface area contributed by atoms with E-state index >= 15 is 0 Å². The fourth-order valence-electron chi connectivity index (χ4n) is 0.992. The van der Waals surface area contributed by atoms with E-state index in [0.29, 0.717) is 21.0 Å². The molecule has 0 aromatic rings. The molecule has 0 unspecified atom stereocenters. The molecule has 0 saturated carbocycles. The minimum atomic E-state index is 0.494. The molecule has 0 radical (unpaired) electrons. The maximum absolute atomic E-state index is 5.57. The van der Waals surface area contributed by atoms with E-state index in [4.69, 9.17) is 5.73 Å². The standard InChI is InChI=1S/C6H12N2Se/c1-3-5-4(2)8-6(7)9-5/h4-5H,3H2,1-2H3,(H2,7,8)/t4-,5+/m1/s1. The summed E-state index contributed by atoms with van der Waals surface area (Å²) in [6.45, 7) is 4.35. The van der Waals surface area contributed by atoms with Gasteiger partial charge in [-0.05, 0) is 0 Å². The van der Waals surface area contributed by atoms with E-state index in [-0.39, 0.29) is 0 Å². The summed E-state index contributed by atoms with van der Waals surface area (Å²) in [4.78, 5) is 5.04. The Morgan fingerprint density at radius 3 is 2.67 bits per heavy atom. The minimum absolute atomic E-state index is 0.494. The molecule has 0 bridgehead atoms. The summed E-state index contributed by atoms with van der Waals surface area (Å²) >= 11 is 0.494. The van der Waals surface area contributed by atoms with Gasteiger partial charge in [0.25, 0.3) is 0 Å². The number of amidine groups is 1. The molecule has 3 heteroatoms. The van der Waals surface area contributed by atoms with E-state index in [1.807, 2.05) is 0 Å². The molecule has 0 saturated heterocycles. The summed E-state index contributed by atoms with van der Waals surface area (Å²) in [5.74, 6) is 0. The predicted octanol–water partition coefficient (Wildman–Crippen LogP) is 0.606. The molecule has 2 atom stereocenters. The molecule has 1 aliphatic rings. The molecule has 9 heavy (non-hydrogen) atoms. The zero-order valence-corrected chi connectivity index (χ0v) is 7.51. The molecule has 1 aliphatic heterocycles. The van der Waals surface area contributed by atoms with Crippen LogP contribution in [-0.4, -0.2) is 25.7 Å². The van der Waals surface area contributed by atoms with Crippen LogP contribution in [0.3, 0.4) is 0 Å². The van der Waals surface area contributed by atoms with Gasteiger partial charge < -0.3 is 0 Å². The van der Waals surface area contributed by atoms with Crippen LogP contribution in [0, 0.1) is 0 Å². The molecule has 0 aliphatic carbocycles. The van der Waals surface area contributed by atoms with Crippen LogP contribution in [0.15, 0.2) is 4.99 Å². The Labute approximate surface area is 62.1 Å².